The zero-order valence-corrected chi connectivity index (χ0v) is 11.7. The molecule has 1 heterocycles. The van der Waals surface area contributed by atoms with Gasteiger partial charge in [0.15, 0.2) is 5.82 Å². The third kappa shape index (κ3) is 3.40. The smallest absolute Gasteiger partial charge is 0.254 e. The van der Waals surface area contributed by atoms with Crippen molar-refractivity contribution in [2.24, 2.45) is 22.2 Å². The summed E-state index contributed by atoms with van der Waals surface area (Å²) in [5.41, 5.74) is 24.1. The van der Waals surface area contributed by atoms with Gasteiger partial charge in [-0.15, -0.1) is 0 Å². The van der Waals surface area contributed by atoms with Crippen LogP contribution >= 0.6 is 0 Å². The van der Waals surface area contributed by atoms with Crippen LogP contribution in [0.1, 0.15) is 5.56 Å². The van der Waals surface area contributed by atoms with Gasteiger partial charge in [-0.05, 0) is 29.8 Å². The Hall–Kier alpha value is -3.35. The number of amides is 1. The Morgan fingerprint density at radius 2 is 1.68 bits per heavy atom. The SMILES string of the molecule is NC(=O)C(C(N)=Nc1ccccn1)=C(N)c1ccc(N)cc1. The van der Waals surface area contributed by atoms with E-state index < -0.39 is 5.91 Å². The van der Waals surface area contributed by atoms with Crippen molar-refractivity contribution in [1.29, 1.82) is 0 Å². The molecule has 2 aromatic rings. The van der Waals surface area contributed by atoms with Crippen LogP contribution < -0.4 is 22.9 Å². The number of carbonyl (C=O) groups excluding carboxylic acids is 1. The molecule has 1 amide bonds. The minimum atomic E-state index is -0.772. The highest BCUT2D eigenvalue weighted by Gasteiger charge is 2.16. The summed E-state index contributed by atoms with van der Waals surface area (Å²) in [5, 5.41) is 0. The van der Waals surface area contributed by atoms with Gasteiger partial charge in [-0.1, -0.05) is 18.2 Å². The van der Waals surface area contributed by atoms with Crippen LogP contribution in [0, 0.1) is 0 Å². The van der Waals surface area contributed by atoms with Gasteiger partial charge in [-0.3, -0.25) is 4.79 Å². The highest BCUT2D eigenvalue weighted by Crippen LogP contribution is 2.17. The molecule has 0 saturated carbocycles. The van der Waals surface area contributed by atoms with Crippen molar-refractivity contribution >= 4 is 28.9 Å². The quantitative estimate of drug-likeness (QED) is 0.281. The third-order valence-corrected chi connectivity index (χ3v) is 2.88. The number of carbonyl (C=O) groups is 1. The number of rotatable bonds is 4. The number of nitrogen functional groups attached to an aromatic ring is 1. The Bertz CT molecular complexity index is 734. The van der Waals surface area contributed by atoms with Gasteiger partial charge in [-0.2, -0.15) is 0 Å². The lowest BCUT2D eigenvalue weighted by molar-refractivity contribution is -0.114. The van der Waals surface area contributed by atoms with Crippen molar-refractivity contribution in [3.63, 3.8) is 0 Å². The molecule has 8 N–H and O–H groups in total. The highest BCUT2D eigenvalue weighted by molar-refractivity contribution is 6.24. The maximum absolute atomic E-state index is 11.7. The van der Waals surface area contributed by atoms with Gasteiger partial charge in [0.25, 0.3) is 5.91 Å². The predicted molar refractivity (Wildman–Crippen MR) is 86.7 cm³/mol. The number of pyridine rings is 1. The lowest BCUT2D eigenvalue weighted by Gasteiger charge is -2.09. The first kappa shape index (κ1) is 15.0. The average molecular weight is 296 g/mol. The second-order valence-corrected chi connectivity index (χ2v) is 4.46. The van der Waals surface area contributed by atoms with E-state index in [0.717, 1.165) is 0 Å². The molecule has 0 fully saturated rings. The largest absolute Gasteiger partial charge is 0.399 e. The first-order chi connectivity index (χ1) is 10.5. The molecule has 0 aliphatic rings. The minimum Gasteiger partial charge on any atom is -0.399 e. The maximum Gasteiger partial charge on any atom is 0.254 e. The van der Waals surface area contributed by atoms with Crippen molar-refractivity contribution in [3.8, 4) is 0 Å². The van der Waals surface area contributed by atoms with E-state index in [4.69, 9.17) is 22.9 Å². The van der Waals surface area contributed by atoms with Gasteiger partial charge in [0.1, 0.15) is 11.4 Å². The van der Waals surface area contributed by atoms with E-state index in [1.807, 2.05) is 0 Å². The highest BCUT2D eigenvalue weighted by atomic mass is 16.1. The number of primary amides is 1. The number of aliphatic imine (C=N–C) groups is 1. The topological polar surface area (TPSA) is 146 Å². The Kier molecular flexibility index (Phi) is 4.38. The molecule has 22 heavy (non-hydrogen) atoms. The first-order valence-corrected chi connectivity index (χ1v) is 6.40. The molecule has 1 aromatic carbocycles. The summed E-state index contributed by atoms with van der Waals surface area (Å²) >= 11 is 0. The molecule has 0 saturated heterocycles. The number of hydrogen-bond donors (Lipinski definition) is 4. The van der Waals surface area contributed by atoms with Gasteiger partial charge in [0, 0.05) is 11.9 Å². The summed E-state index contributed by atoms with van der Waals surface area (Å²) in [6, 6.07) is 11.8. The number of benzene rings is 1. The number of nitrogens with two attached hydrogens (primary N) is 4. The van der Waals surface area contributed by atoms with Crippen LogP contribution in [0.15, 0.2) is 59.2 Å². The van der Waals surface area contributed by atoms with E-state index in [-0.39, 0.29) is 17.1 Å². The molecule has 0 unspecified atom stereocenters. The first-order valence-electron chi connectivity index (χ1n) is 6.40. The molecule has 0 spiro atoms. The van der Waals surface area contributed by atoms with Crippen LogP contribution in [0.5, 0.6) is 0 Å². The van der Waals surface area contributed by atoms with Gasteiger partial charge in [0.05, 0.1) is 5.70 Å². The summed E-state index contributed by atoms with van der Waals surface area (Å²) in [6.07, 6.45) is 1.56. The van der Waals surface area contributed by atoms with Crippen LogP contribution in [0.3, 0.4) is 0 Å². The maximum atomic E-state index is 11.7. The van der Waals surface area contributed by atoms with E-state index in [1.54, 1.807) is 48.7 Å². The van der Waals surface area contributed by atoms with Gasteiger partial charge >= 0.3 is 0 Å². The van der Waals surface area contributed by atoms with Crippen molar-refractivity contribution in [2.45, 2.75) is 0 Å². The van der Waals surface area contributed by atoms with Crippen LogP contribution in [0.25, 0.3) is 5.70 Å². The fourth-order valence-electron chi connectivity index (χ4n) is 1.80. The summed E-state index contributed by atoms with van der Waals surface area (Å²) < 4.78 is 0. The lowest BCUT2D eigenvalue weighted by Crippen LogP contribution is -2.29. The fraction of sp³-hybridized carbons (Fsp3) is 0. The van der Waals surface area contributed by atoms with Crippen molar-refractivity contribution < 1.29 is 4.79 Å². The Labute approximate surface area is 127 Å². The van der Waals surface area contributed by atoms with Crippen LogP contribution in [0.4, 0.5) is 11.5 Å². The molecular weight excluding hydrogens is 280 g/mol. The van der Waals surface area contributed by atoms with Crippen LogP contribution in [-0.2, 0) is 4.79 Å². The predicted octanol–water partition coefficient (Wildman–Crippen LogP) is 0.508. The van der Waals surface area contributed by atoms with E-state index in [2.05, 4.69) is 9.98 Å². The Morgan fingerprint density at radius 3 is 2.23 bits per heavy atom. The number of anilines is 1. The molecule has 7 nitrogen and oxygen atoms in total. The van der Waals surface area contributed by atoms with Crippen molar-refractivity contribution in [1.82, 2.24) is 4.98 Å². The Balaban J connectivity index is 2.49. The molecule has 0 aliphatic heterocycles. The lowest BCUT2D eigenvalue weighted by atomic mass is 10.1. The van der Waals surface area contributed by atoms with E-state index in [9.17, 15) is 4.79 Å². The molecule has 7 heteroatoms. The molecule has 0 radical (unpaired) electrons. The van der Waals surface area contributed by atoms with Crippen LogP contribution in [0.2, 0.25) is 0 Å². The minimum absolute atomic E-state index is 0.0598. The summed E-state index contributed by atoms with van der Waals surface area (Å²) in [6.45, 7) is 0. The molecule has 0 atom stereocenters. The van der Waals surface area contributed by atoms with E-state index in [0.29, 0.717) is 17.1 Å². The molecule has 1 aromatic heterocycles. The second kappa shape index (κ2) is 6.40. The number of hydrogen-bond acceptors (Lipinski definition) is 5. The molecule has 2 rings (SSSR count). The van der Waals surface area contributed by atoms with Crippen LogP contribution in [-0.4, -0.2) is 16.7 Å². The number of amidine groups is 1. The normalized spacial score (nSPS) is 12.6. The standard InChI is InChI=1S/C15H16N6O/c16-10-6-4-9(5-7-10)13(17)12(15(19)22)14(18)21-11-3-1-2-8-20-11/h1-8H,16-17H2,(H2,19,22)(H2,18,20,21). The third-order valence-electron chi connectivity index (χ3n) is 2.88. The summed E-state index contributed by atoms with van der Waals surface area (Å²) in [7, 11) is 0. The summed E-state index contributed by atoms with van der Waals surface area (Å²) in [5.74, 6) is -0.518. The zero-order valence-electron chi connectivity index (χ0n) is 11.7. The number of nitrogens with zero attached hydrogens (tertiary/aromatic N) is 2. The van der Waals surface area contributed by atoms with E-state index >= 15 is 0 Å². The molecular formula is C15H16N6O. The summed E-state index contributed by atoms with van der Waals surface area (Å²) in [4.78, 5) is 19.8. The second-order valence-electron chi connectivity index (χ2n) is 4.46. The molecule has 0 aliphatic carbocycles. The molecule has 0 bridgehead atoms. The average Bonchev–Trinajstić information content (AvgIpc) is 2.48. The van der Waals surface area contributed by atoms with Crippen molar-refractivity contribution in [3.05, 3.63) is 59.8 Å². The number of aromatic nitrogens is 1. The van der Waals surface area contributed by atoms with Gasteiger partial charge < -0.3 is 22.9 Å². The molecule has 112 valence electrons. The zero-order chi connectivity index (χ0) is 16.1. The van der Waals surface area contributed by atoms with E-state index in [1.165, 1.54) is 0 Å². The monoisotopic (exact) mass is 296 g/mol. The fourth-order valence-corrected chi connectivity index (χ4v) is 1.80. The van der Waals surface area contributed by atoms with Gasteiger partial charge in [0.2, 0.25) is 0 Å². The van der Waals surface area contributed by atoms with Gasteiger partial charge in [-0.25, -0.2) is 9.98 Å². The Morgan fingerprint density at radius 1 is 1.00 bits per heavy atom. The van der Waals surface area contributed by atoms with Crippen molar-refractivity contribution in [2.75, 3.05) is 5.73 Å².